The molecule has 1 rings (SSSR count). The molecule has 0 aliphatic heterocycles. The molecular weight excluding hydrogens is 270 g/mol. The highest BCUT2D eigenvalue weighted by molar-refractivity contribution is 9.10. The number of nitrogens with two attached hydrogens (primary N) is 1. The van der Waals surface area contributed by atoms with Crippen LogP contribution in [0.3, 0.4) is 0 Å². The lowest BCUT2D eigenvalue weighted by atomic mass is 10.2. The van der Waals surface area contributed by atoms with E-state index in [1.807, 2.05) is 0 Å². The molecule has 2 N–H and O–H groups in total. The van der Waals surface area contributed by atoms with Gasteiger partial charge in [0.05, 0.1) is 0 Å². The van der Waals surface area contributed by atoms with Crippen molar-refractivity contribution in [2.24, 2.45) is 5.73 Å². The Morgan fingerprint density at radius 3 is 2.53 bits per heavy atom. The van der Waals surface area contributed by atoms with E-state index in [2.05, 4.69) is 60.1 Å². The first kappa shape index (κ1) is 12.8. The zero-order chi connectivity index (χ0) is 11.3. The molecule has 82 valence electrons. The number of hydrogen-bond acceptors (Lipinski definition) is 2. The Bertz CT molecular complexity index is 328. The van der Waals surface area contributed by atoms with Gasteiger partial charge in [-0.25, -0.2) is 0 Å². The Morgan fingerprint density at radius 2 is 2.00 bits per heavy atom. The van der Waals surface area contributed by atoms with Gasteiger partial charge in [0.15, 0.2) is 0 Å². The Hall–Kier alpha value is -0.250. The lowest BCUT2D eigenvalue weighted by Crippen LogP contribution is -2.19. The lowest BCUT2D eigenvalue weighted by Gasteiger charge is -2.07. The van der Waals surface area contributed by atoms with Crippen LogP contribution in [-0.2, 0) is 0 Å². The predicted octanol–water partition coefficient (Wildman–Crippen LogP) is 3.83. The summed E-state index contributed by atoms with van der Waals surface area (Å²) in [5.74, 6) is 0.923. The molecule has 0 saturated heterocycles. The molecular formula is C12H16BrNS. The molecule has 0 aromatic heterocycles. The molecule has 1 atom stereocenters. The van der Waals surface area contributed by atoms with E-state index in [1.165, 1.54) is 10.5 Å². The van der Waals surface area contributed by atoms with Crippen LogP contribution in [0.5, 0.6) is 0 Å². The number of hydrogen-bond donors (Lipinski definition) is 1. The SMILES string of the molecule is CC(C)=CC(N)CSc1ccc(Br)cc1. The van der Waals surface area contributed by atoms with E-state index in [0.29, 0.717) is 0 Å². The van der Waals surface area contributed by atoms with E-state index in [-0.39, 0.29) is 6.04 Å². The largest absolute Gasteiger partial charge is 0.324 e. The maximum absolute atomic E-state index is 5.95. The lowest BCUT2D eigenvalue weighted by molar-refractivity contribution is 0.927. The van der Waals surface area contributed by atoms with Gasteiger partial charge in [0.2, 0.25) is 0 Å². The van der Waals surface area contributed by atoms with Crippen LogP contribution < -0.4 is 5.73 Å². The summed E-state index contributed by atoms with van der Waals surface area (Å²) < 4.78 is 1.11. The quantitative estimate of drug-likeness (QED) is 0.672. The molecule has 0 fully saturated rings. The van der Waals surface area contributed by atoms with Gasteiger partial charge in [-0.1, -0.05) is 27.6 Å². The van der Waals surface area contributed by atoms with Crippen LogP contribution in [0.1, 0.15) is 13.8 Å². The number of benzene rings is 1. The summed E-state index contributed by atoms with van der Waals surface area (Å²) in [7, 11) is 0. The van der Waals surface area contributed by atoms with Crippen LogP contribution in [0, 0.1) is 0 Å². The summed E-state index contributed by atoms with van der Waals surface area (Å²) in [5, 5.41) is 0. The maximum atomic E-state index is 5.95. The molecule has 1 nitrogen and oxygen atoms in total. The number of halogens is 1. The molecule has 3 heteroatoms. The molecule has 0 saturated carbocycles. The van der Waals surface area contributed by atoms with Gasteiger partial charge in [0.1, 0.15) is 0 Å². The minimum Gasteiger partial charge on any atom is -0.324 e. The summed E-state index contributed by atoms with van der Waals surface area (Å²) >= 11 is 5.20. The summed E-state index contributed by atoms with van der Waals surface area (Å²) in [6.45, 7) is 4.15. The topological polar surface area (TPSA) is 26.0 Å². The highest BCUT2D eigenvalue weighted by atomic mass is 79.9. The van der Waals surface area contributed by atoms with E-state index in [9.17, 15) is 0 Å². The first-order valence-electron chi connectivity index (χ1n) is 4.87. The predicted molar refractivity (Wildman–Crippen MR) is 72.3 cm³/mol. The fourth-order valence-electron chi connectivity index (χ4n) is 1.20. The molecule has 15 heavy (non-hydrogen) atoms. The highest BCUT2D eigenvalue weighted by Gasteiger charge is 2.00. The fourth-order valence-corrected chi connectivity index (χ4v) is 2.27. The molecule has 0 heterocycles. The minimum atomic E-state index is 0.142. The Morgan fingerprint density at radius 1 is 1.40 bits per heavy atom. The van der Waals surface area contributed by atoms with Gasteiger partial charge in [-0.2, -0.15) is 0 Å². The third-order valence-corrected chi connectivity index (χ3v) is 3.49. The van der Waals surface area contributed by atoms with Gasteiger partial charge in [0.25, 0.3) is 0 Å². The van der Waals surface area contributed by atoms with Crippen LogP contribution in [0.25, 0.3) is 0 Å². The molecule has 0 aliphatic rings. The molecule has 1 aromatic carbocycles. The zero-order valence-electron chi connectivity index (χ0n) is 9.03. The molecule has 0 spiro atoms. The van der Waals surface area contributed by atoms with Crippen molar-refractivity contribution < 1.29 is 0 Å². The molecule has 1 aromatic rings. The fraction of sp³-hybridized carbons (Fsp3) is 0.333. The summed E-state index contributed by atoms with van der Waals surface area (Å²) in [5.41, 5.74) is 7.22. The van der Waals surface area contributed by atoms with Gasteiger partial charge in [-0.15, -0.1) is 11.8 Å². The maximum Gasteiger partial charge on any atom is 0.0321 e. The Kier molecular flexibility index (Phi) is 5.43. The van der Waals surface area contributed by atoms with Gasteiger partial charge in [-0.3, -0.25) is 0 Å². The van der Waals surface area contributed by atoms with Gasteiger partial charge >= 0.3 is 0 Å². The second-order valence-electron chi connectivity index (χ2n) is 3.67. The Balaban J connectivity index is 2.43. The third kappa shape index (κ3) is 5.40. The smallest absolute Gasteiger partial charge is 0.0321 e. The minimum absolute atomic E-state index is 0.142. The van der Waals surface area contributed by atoms with E-state index in [1.54, 1.807) is 11.8 Å². The van der Waals surface area contributed by atoms with Crippen molar-refractivity contribution in [1.29, 1.82) is 0 Å². The second kappa shape index (κ2) is 6.36. The van der Waals surface area contributed by atoms with Crippen LogP contribution in [0.2, 0.25) is 0 Å². The van der Waals surface area contributed by atoms with Gasteiger partial charge in [0, 0.05) is 21.2 Å². The van der Waals surface area contributed by atoms with Crippen molar-refractivity contribution in [3.8, 4) is 0 Å². The summed E-state index contributed by atoms with van der Waals surface area (Å²) in [6, 6.07) is 8.45. The second-order valence-corrected chi connectivity index (χ2v) is 5.68. The number of rotatable bonds is 4. The van der Waals surface area contributed by atoms with E-state index >= 15 is 0 Å². The molecule has 0 aliphatic carbocycles. The average molecular weight is 286 g/mol. The average Bonchev–Trinajstić information content (AvgIpc) is 2.16. The molecule has 0 radical (unpaired) electrons. The van der Waals surface area contributed by atoms with Crippen molar-refractivity contribution in [3.05, 3.63) is 40.4 Å². The van der Waals surface area contributed by atoms with Crippen molar-refractivity contribution >= 4 is 27.7 Å². The van der Waals surface area contributed by atoms with Crippen molar-refractivity contribution in [2.75, 3.05) is 5.75 Å². The third-order valence-electron chi connectivity index (χ3n) is 1.80. The summed E-state index contributed by atoms with van der Waals surface area (Å²) in [6.07, 6.45) is 2.10. The van der Waals surface area contributed by atoms with Crippen LogP contribution >= 0.6 is 27.7 Å². The van der Waals surface area contributed by atoms with E-state index in [0.717, 1.165) is 10.2 Å². The van der Waals surface area contributed by atoms with Crippen molar-refractivity contribution in [2.45, 2.75) is 24.8 Å². The van der Waals surface area contributed by atoms with Crippen molar-refractivity contribution in [3.63, 3.8) is 0 Å². The van der Waals surface area contributed by atoms with Crippen LogP contribution in [0.15, 0.2) is 45.3 Å². The van der Waals surface area contributed by atoms with Gasteiger partial charge < -0.3 is 5.73 Å². The van der Waals surface area contributed by atoms with E-state index < -0.39 is 0 Å². The summed E-state index contributed by atoms with van der Waals surface area (Å²) in [4.78, 5) is 1.26. The molecule has 0 bridgehead atoms. The van der Waals surface area contributed by atoms with Crippen molar-refractivity contribution in [1.82, 2.24) is 0 Å². The standard InChI is InChI=1S/C12H16BrNS/c1-9(2)7-11(14)8-15-12-5-3-10(13)4-6-12/h3-7,11H,8,14H2,1-2H3. The molecule has 1 unspecified atom stereocenters. The zero-order valence-corrected chi connectivity index (χ0v) is 11.4. The van der Waals surface area contributed by atoms with Gasteiger partial charge in [-0.05, 0) is 38.1 Å². The first-order chi connectivity index (χ1) is 7.08. The normalized spacial score (nSPS) is 12.3. The monoisotopic (exact) mass is 285 g/mol. The highest BCUT2D eigenvalue weighted by Crippen LogP contribution is 2.21. The number of allylic oxidation sites excluding steroid dienone is 1. The first-order valence-corrected chi connectivity index (χ1v) is 6.65. The number of thioether (sulfide) groups is 1. The van der Waals surface area contributed by atoms with E-state index in [4.69, 9.17) is 5.73 Å². The Labute approximate surface area is 104 Å². The molecule has 0 amide bonds. The van der Waals surface area contributed by atoms with Crippen LogP contribution in [0.4, 0.5) is 0 Å². The van der Waals surface area contributed by atoms with Crippen LogP contribution in [-0.4, -0.2) is 11.8 Å².